The molecule has 0 atom stereocenters. The molecule has 0 bridgehead atoms. The van der Waals surface area contributed by atoms with Gasteiger partial charge in [-0.3, -0.25) is 4.79 Å². The Morgan fingerprint density at radius 2 is 1.73 bits per heavy atom. The molecule has 3 aromatic carbocycles. The van der Waals surface area contributed by atoms with Crippen LogP contribution in [0, 0.1) is 0 Å². The van der Waals surface area contributed by atoms with Gasteiger partial charge in [0.25, 0.3) is 0 Å². The van der Waals surface area contributed by atoms with Crippen molar-refractivity contribution >= 4 is 11.6 Å². The van der Waals surface area contributed by atoms with Crippen molar-refractivity contribution in [3.05, 3.63) is 77.9 Å². The van der Waals surface area contributed by atoms with E-state index in [-0.39, 0.29) is 18.1 Å². The van der Waals surface area contributed by atoms with Crippen LogP contribution in [0.5, 0.6) is 23.0 Å². The molecule has 0 unspecified atom stereocenters. The monoisotopic (exact) mass is 407 g/mol. The van der Waals surface area contributed by atoms with Gasteiger partial charge in [-0.2, -0.15) is 0 Å². The number of hydrogen-bond acceptors (Lipinski definition) is 5. The van der Waals surface area contributed by atoms with E-state index >= 15 is 0 Å². The SMILES string of the molecule is COc1ccc(O)c(CC(=O)Nc2cccc(OCCc3ccccc3OC)c2)c1. The number of anilines is 1. The van der Waals surface area contributed by atoms with Crippen molar-refractivity contribution in [2.75, 3.05) is 26.1 Å². The highest BCUT2D eigenvalue weighted by molar-refractivity contribution is 5.92. The normalized spacial score (nSPS) is 10.3. The third kappa shape index (κ3) is 5.67. The van der Waals surface area contributed by atoms with Gasteiger partial charge >= 0.3 is 0 Å². The van der Waals surface area contributed by atoms with Gasteiger partial charge in [-0.15, -0.1) is 0 Å². The first kappa shape index (κ1) is 21.0. The molecule has 3 rings (SSSR count). The summed E-state index contributed by atoms with van der Waals surface area (Å²) >= 11 is 0. The number of amides is 1. The Bertz CT molecular complexity index is 1000. The minimum absolute atomic E-state index is 0.0297. The second kappa shape index (κ2) is 10.2. The maximum atomic E-state index is 12.4. The number of nitrogens with one attached hydrogen (secondary N) is 1. The number of hydrogen-bond donors (Lipinski definition) is 2. The highest BCUT2D eigenvalue weighted by Crippen LogP contribution is 2.24. The lowest BCUT2D eigenvalue weighted by atomic mass is 10.1. The lowest BCUT2D eigenvalue weighted by molar-refractivity contribution is -0.115. The lowest BCUT2D eigenvalue weighted by Crippen LogP contribution is -2.14. The molecule has 0 aromatic heterocycles. The Balaban J connectivity index is 1.57. The van der Waals surface area contributed by atoms with Crippen molar-refractivity contribution in [1.82, 2.24) is 0 Å². The van der Waals surface area contributed by atoms with Crippen LogP contribution < -0.4 is 19.5 Å². The molecule has 0 heterocycles. The molecule has 6 nitrogen and oxygen atoms in total. The van der Waals surface area contributed by atoms with E-state index in [1.165, 1.54) is 13.2 Å². The van der Waals surface area contributed by atoms with Crippen molar-refractivity contribution in [1.29, 1.82) is 0 Å². The van der Waals surface area contributed by atoms with Gasteiger partial charge in [0.2, 0.25) is 5.91 Å². The molecule has 1 amide bonds. The van der Waals surface area contributed by atoms with E-state index in [4.69, 9.17) is 14.2 Å². The van der Waals surface area contributed by atoms with Gasteiger partial charge < -0.3 is 24.6 Å². The zero-order chi connectivity index (χ0) is 21.3. The quantitative estimate of drug-likeness (QED) is 0.556. The number of phenols is 1. The number of ether oxygens (including phenoxy) is 3. The highest BCUT2D eigenvalue weighted by Gasteiger charge is 2.10. The first-order chi connectivity index (χ1) is 14.6. The minimum atomic E-state index is -0.246. The summed E-state index contributed by atoms with van der Waals surface area (Å²) in [6.45, 7) is 0.482. The van der Waals surface area contributed by atoms with Crippen LogP contribution in [-0.4, -0.2) is 31.8 Å². The molecule has 0 radical (unpaired) electrons. The van der Waals surface area contributed by atoms with Gasteiger partial charge in [0.1, 0.15) is 23.0 Å². The number of para-hydroxylation sites is 1. The summed E-state index contributed by atoms with van der Waals surface area (Å²) in [6.07, 6.45) is 0.734. The summed E-state index contributed by atoms with van der Waals surface area (Å²) in [5, 5.41) is 12.8. The van der Waals surface area contributed by atoms with Crippen LogP contribution in [0.1, 0.15) is 11.1 Å². The molecule has 0 aliphatic rings. The first-order valence-corrected chi connectivity index (χ1v) is 9.59. The topological polar surface area (TPSA) is 77.0 Å². The van der Waals surface area contributed by atoms with Gasteiger partial charge in [0.05, 0.1) is 27.2 Å². The van der Waals surface area contributed by atoms with Crippen molar-refractivity contribution in [2.45, 2.75) is 12.8 Å². The molecule has 0 spiro atoms. The third-order valence-corrected chi connectivity index (χ3v) is 4.59. The van der Waals surface area contributed by atoms with E-state index in [1.54, 1.807) is 31.4 Å². The van der Waals surface area contributed by atoms with Crippen LogP contribution >= 0.6 is 0 Å². The van der Waals surface area contributed by atoms with E-state index in [9.17, 15) is 9.90 Å². The summed E-state index contributed by atoms with van der Waals surface area (Å²) in [7, 11) is 3.19. The second-order valence-electron chi connectivity index (χ2n) is 6.66. The van der Waals surface area contributed by atoms with Crippen LogP contribution in [0.4, 0.5) is 5.69 Å². The Kier molecular flexibility index (Phi) is 7.16. The van der Waals surface area contributed by atoms with Crippen molar-refractivity contribution in [2.24, 2.45) is 0 Å². The fourth-order valence-electron chi connectivity index (χ4n) is 3.06. The average molecular weight is 407 g/mol. The average Bonchev–Trinajstić information content (AvgIpc) is 2.76. The summed E-state index contributed by atoms with van der Waals surface area (Å²) in [4.78, 5) is 12.4. The van der Waals surface area contributed by atoms with Gasteiger partial charge in [-0.05, 0) is 42.0 Å². The summed E-state index contributed by atoms with van der Waals surface area (Å²) < 4.78 is 16.3. The first-order valence-electron chi connectivity index (χ1n) is 9.59. The highest BCUT2D eigenvalue weighted by atomic mass is 16.5. The van der Waals surface area contributed by atoms with Crippen LogP contribution in [-0.2, 0) is 17.6 Å². The van der Waals surface area contributed by atoms with Crippen molar-refractivity contribution in [3.63, 3.8) is 0 Å². The molecule has 156 valence electrons. The van der Waals surface area contributed by atoms with Crippen LogP contribution in [0.15, 0.2) is 66.7 Å². The number of benzene rings is 3. The molecule has 0 aliphatic carbocycles. The van der Waals surface area contributed by atoms with E-state index in [0.29, 0.717) is 35.8 Å². The lowest BCUT2D eigenvalue weighted by Gasteiger charge is -2.11. The van der Waals surface area contributed by atoms with Crippen molar-refractivity contribution in [3.8, 4) is 23.0 Å². The van der Waals surface area contributed by atoms with Gasteiger partial charge in [-0.25, -0.2) is 0 Å². The molecule has 0 fully saturated rings. The zero-order valence-electron chi connectivity index (χ0n) is 17.1. The third-order valence-electron chi connectivity index (χ3n) is 4.59. The number of rotatable bonds is 9. The molecular formula is C24H25NO5. The smallest absolute Gasteiger partial charge is 0.228 e. The molecule has 3 aromatic rings. The standard InChI is InChI=1S/C24H25NO5/c1-28-20-10-11-22(26)18(14-20)15-24(27)25-19-7-5-8-21(16-19)30-13-12-17-6-3-4-9-23(17)29-2/h3-11,14,16,26H,12-13,15H2,1-2H3,(H,25,27). The Hall–Kier alpha value is -3.67. The van der Waals surface area contributed by atoms with E-state index in [0.717, 1.165) is 11.3 Å². The maximum Gasteiger partial charge on any atom is 0.228 e. The Labute approximate surface area is 176 Å². The van der Waals surface area contributed by atoms with E-state index < -0.39 is 0 Å². The number of methoxy groups -OCH3 is 2. The summed E-state index contributed by atoms with van der Waals surface area (Å²) in [5.41, 5.74) is 2.19. The molecule has 30 heavy (non-hydrogen) atoms. The zero-order valence-corrected chi connectivity index (χ0v) is 17.1. The predicted octanol–water partition coefficient (Wildman–Crippen LogP) is 4.21. The van der Waals surface area contributed by atoms with Crippen LogP contribution in [0.25, 0.3) is 0 Å². The van der Waals surface area contributed by atoms with E-state index in [2.05, 4.69) is 5.32 Å². The number of carbonyl (C=O) groups is 1. The molecule has 2 N–H and O–H groups in total. The Morgan fingerprint density at radius 3 is 2.53 bits per heavy atom. The van der Waals surface area contributed by atoms with Gasteiger partial charge in [0.15, 0.2) is 0 Å². The van der Waals surface area contributed by atoms with Gasteiger partial charge in [-0.1, -0.05) is 24.3 Å². The van der Waals surface area contributed by atoms with Gasteiger partial charge in [0, 0.05) is 23.7 Å². The summed E-state index contributed by atoms with van der Waals surface area (Å²) in [5.74, 6) is 1.89. The molecule has 6 heteroatoms. The Morgan fingerprint density at radius 1 is 0.900 bits per heavy atom. The predicted molar refractivity (Wildman–Crippen MR) is 116 cm³/mol. The largest absolute Gasteiger partial charge is 0.508 e. The molecular weight excluding hydrogens is 382 g/mol. The molecule has 0 saturated heterocycles. The minimum Gasteiger partial charge on any atom is -0.508 e. The maximum absolute atomic E-state index is 12.4. The van der Waals surface area contributed by atoms with E-state index in [1.807, 2.05) is 36.4 Å². The van der Waals surface area contributed by atoms with Crippen LogP contribution in [0.3, 0.4) is 0 Å². The number of phenolic OH excluding ortho intramolecular Hbond substituents is 1. The van der Waals surface area contributed by atoms with Crippen molar-refractivity contribution < 1.29 is 24.1 Å². The second-order valence-corrected chi connectivity index (χ2v) is 6.66. The molecule has 0 saturated carbocycles. The fraction of sp³-hybridized carbons (Fsp3) is 0.208. The number of aromatic hydroxyl groups is 1. The van der Waals surface area contributed by atoms with Crippen LogP contribution in [0.2, 0.25) is 0 Å². The molecule has 0 aliphatic heterocycles. The number of carbonyl (C=O) groups excluding carboxylic acids is 1. The summed E-state index contributed by atoms with van der Waals surface area (Å²) in [6, 6.07) is 19.8. The fourth-order valence-corrected chi connectivity index (χ4v) is 3.06.